The molecule has 7 heteroatoms. The molecule has 1 atom stereocenters. The van der Waals surface area contributed by atoms with Gasteiger partial charge in [-0.05, 0) is 47.5 Å². The Morgan fingerprint density at radius 1 is 1.06 bits per heavy atom. The van der Waals surface area contributed by atoms with Gasteiger partial charge in [0.15, 0.2) is 0 Å². The molecule has 0 saturated carbocycles. The Bertz CT molecular complexity index is 1370. The molecular formula is C26H19ClN4O2. The Hall–Kier alpha value is -4.21. The van der Waals surface area contributed by atoms with Crippen molar-refractivity contribution in [2.75, 3.05) is 0 Å². The van der Waals surface area contributed by atoms with Crippen LogP contribution in [0, 0.1) is 11.3 Å². The van der Waals surface area contributed by atoms with Crippen molar-refractivity contribution < 1.29 is 9.47 Å². The van der Waals surface area contributed by atoms with Gasteiger partial charge in [0.1, 0.15) is 24.0 Å². The summed E-state index contributed by atoms with van der Waals surface area (Å²) in [5.41, 5.74) is 10.6. The van der Waals surface area contributed by atoms with Crippen LogP contribution >= 0.6 is 11.6 Å². The highest BCUT2D eigenvalue weighted by Crippen LogP contribution is 2.46. The molecule has 0 aliphatic carbocycles. The Morgan fingerprint density at radius 3 is 2.58 bits per heavy atom. The maximum Gasteiger partial charge on any atom is 0.244 e. The summed E-state index contributed by atoms with van der Waals surface area (Å²) in [4.78, 5) is 0. The van der Waals surface area contributed by atoms with E-state index in [4.69, 9.17) is 26.8 Å². The minimum atomic E-state index is -0.458. The number of nitriles is 1. The predicted octanol–water partition coefficient (Wildman–Crippen LogP) is 5.53. The van der Waals surface area contributed by atoms with Crippen LogP contribution in [0.5, 0.6) is 11.6 Å². The second-order valence-electron chi connectivity index (χ2n) is 7.60. The van der Waals surface area contributed by atoms with E-state index in [1.54, 1.807) is 6.07 Å². The molecule has 0 fully saturated rings. The quantitative estimate of drug-likeness (QED) is 0.413. The second-order valence-corrected chi connectivity index (χ2v) is 8.03. The number of rotatable bonds is 5. The highest BCUT2D eigenvalue weighted by atomic mass is 35.5. The van der Waals surface area contributed by atoms with Crippen molar-refractivity contribution in [3.63, 3.8) is 0 Å². The number of halogens is 1. The molecule has 3 N–H and O–H groups in total. The van der Waals surface area contributed by atoms with Crippen molar-refractivity contribution in [1.29, 1.82) is 5.26 Å². The first-order chi connectivity index (χ1) is 16.1. The molecule has 0 amide bonds. The third kappa shape index (κ3) is 4.02. The van der Waals surface area contributed by atoms with Crippen LogP contribution in [-0.4, -0.2) is 10.2 Å². The van der Waals surface area contributed by atoms with Crippen LogP contribution in [-0.2, 0) is 6.61 Å². The topological polar surface area (TPSA) is 97.0 Å². The van der Waals surface area contributed by atoms with E-state index in [-0.39, 0.29) is 5.88 Å². The maximum absolute atomic E-state index is 9.83. The Balaban J connectivity index is 1.49. The van der Waals surface area contributed by atoms with E-state index < -0.39 is 5.92 Å². The highest BCUT2D eigenvalue weighted by molar-refractivity contribution is 6.30. The molecule has 5 rings (SSSR count). The number of benzene rings is 3. The smallest absolute Gasteiger partial charge is 0.244 e. The fourth-order valence-corrected chi connectivity index (χ4v) is 4.14. The van der Waals surface area contributed by atoms with E-state index in [1.165, 1.54) is 0 Å². The fraction of sp³-hybridized carbons (Fsp3) is 0.0769. The first kappa shape index (κ1) is 20.7. The fourth-order valence-electron chi connectivity index (χ4n) is 3.94. The summed E-state index contributed by atoms with van der Waals surface area (Å²) >= 11 is 6.24. The summed E-state index contributed by atoms with van der Waals surface area (Å²) in [7, 11) is 0. The third-order valence-corrected chi connectivity index (χ3v) is 5.75. The van der Waals surface area contributed by atoms with Gasteiger partial charge in [-0.1, -0.05) is 54.1 Å². The number of nitrogens with one attached hydrogen (secondary N) is 1. The van der Waals surface area contributed by atoms with Gasteiger partial charge in [-0.2, -0.15) is 5.26 Å². The molecular weight excluding hydrogens is 436 g/mol. The lowest BCUT2D eigenvalue weighted by Gasteiger charge is -2.24. The van der Waals surface area contributed by atoms with Gasteiger partial charge in [0.2, 0.25) is 11.8 Å². The number of nitrogens with zero attached hydrogens (tertiary/aromatic N) is 2. The number of hydrogen-bond donors (Lipinski definition) is 2. The standard InChI is InChI=1S/C26H19ClN4O2/c27-19-8-4-7-18(13-19)22-21(14-28)25(29)33-26-23(22)24(30-31-26)17-9-11-20(12-10-17)32-15-16-5-2-1-3-6-16/h1-13,22H,15,29H2,(H,30,31). The van der Waals surface area contributed by atoms with Crippen LogP contribution in [0.1, 0.15) is 22.6 Å². The zero-order valence-electron chi connectivity index (χ0n) is 17.5. The molecule has 1 aliphatic rings. The first-order valence-electron chi connectivity index (χ1n) is 10.3. The van der Waals surface area contributed by atoms with Gasteiger partial charge < -0.3 is 15.2 Å². The van der Waals surface area contributed by atoms with Crippen molar-refractivity contribution in [2.24, 2.45) is 5.73 Å². The van der Waals surface area contributed by atoms with Crippen LogP contribution < -0.4 is 15.2 Å². The van der Waals surface area contributed by atoms with Crippen LogP contribution in [0.4, 0.5) is 0 Å². The number of H-pyrrole nitrogens is 1. The van der Waals surface area contributed by atoms with Gasteiger partial charge in [0, 0.05) is 10.6 Å². The Labute approximate surface area is 195 Å². The second kappa shape index (κ2) is 8.73. The largest absolute Gasteiger partial charge is 0.489 e. The lowest BCUT2D eigenvalue weighted by atomic mass is 9.83. The first-order valence-corrected chi connectivity index (χ1v) is 10.7. The summed E-state index contributed by atoms with van der Waals surface area (Å²) in [6, 6.07) is 27.2. The molecule has 1 aromatic heterocycles. The van der Waals surface area contributed by atoms with Crippen molar-refractivity contribution in [3.05, 3.63) is 112 Å². The molecule has 0 saturated heterocycles. The third-order valence-electron chi connectivity index (χ3n) is 5.51. The SMILES string of the molecule is N#CC1=C(N)Oc2n[nH]c(-c3ccc(OCc4ccccc4)cc3)c2C1c1cccc(Cl)c1. The Morgan fingerprint density at radius 2 is 1.85 bits per heavy atom. The monoisotopic (exact) mass is 454 g/mol. The average Bonchev–Trinajstić information content (AvgIpc) is 3.26. The number of nitrogens with two attached hydrogens (primary N) is 1. The number of aromatic amines is 1. The molecule has 0 radical (unpaired) electrons. The predicted molar refractivity (Wildman–Crippen MR) is 126 cm³/mol. The van der Waals surface area contributed by atoms with E-state index in [9.17, 15) is 5.26 Å². The summed E-state index contributed by atoms with van der Waals surface area (Å²) < 4.78 is 11.6. The average molecular weight is 455 g/mol. The number of allylic oxidation sites excluding steroid dienone is 1. The van der Waals surface area contributed by atoms with E-state index in [1.807, 2.05) is 72.8 Å². The maximum atomic E-state index is 9.83. The minimum Gasteiger partial charge on any atom is -0.489 e. The van der Waals surface area contributed by atoms with Crippen molar-refractivity contribution in [3.8, 4) is 29.0 Å². The van der Waals surface area contributed by atoms with Crippen LogP contribution in [0.3, 0.4) is 0 Å². The number of fused-ring (bicyclic) bond motifs is 1. The normalized spacial score (nSPS) is 14.8. The van der Waals surface area contributed by atoms with Crippen LogP contribution in [0.15, 0.2) is 90.3 Å². The van der Waals surface area contributed by atoms with Crippen LogP contribution in [0.2, 0.25) is 5.02 Å². The molecule has 0 spiro atoms. The van der Waals surface area contributed by atoms with Gasteiger partial charge in [-0.25, -0.2) is 0 Å². The number of ether oxygens (including phenoxy) is 2. The number of hydrogen-bond acceptors (Lipinski definition) is 5. The van der Waals surface area contributed by atoms with Crippen molar-refractivity contribution in [1.82, 2.24) is 10.2 Å². The molecule has 4 aromatic rings. The molecule has 3 aromatic carbocycles. The van der Waals surface area contributed by atoms with E-state index in [2.05, 4.69) is 16.3 Å². The molecule has 1 unspecified atom stereocenters. The minimum absolute atomic E-state index is 0.0395. The molecule has 2 heterocycles. The van der Waals surface area contributed by atoms with Crippen molar-refractivity contribution >= 4 is 11.6 Å². The molecule has 6 nitrogen and oxygen atoms in total. The Kier molecular flexibility index (Phi) is 5.47. The summed E-state index contributed by atoms with van der Waals surface area (Å²) in [5, 5.41) is 17.8. The van der Waals surface area contributed by atoms with Gasteiger partial charge in [-0.15, -0.1) is 5.10 Å². The van der Waals surface area contributed by atoms with Gasteiger partial charge in [0.05, 0.1) is 17.2 Å². The van der Waals surface area contributed by atoms with Crippen molar-refractivity contribution in [2.45, 2.75) is 12.5 Å². The van der Waals surface area contributed by atoms with Crippen LogP contribution in [0.25, 0.3) is 11.3 Å². The van der Waals surface area contributed by atoms with Gasteiger partial charge in [0.25, 0.3) is 0 Å². The lowest BCUT2D eigenvalue weighted by Crippen LogP contribution is -2.21. The zero-order valence-corrected chi connectivity index (χ0v) is 18.2. The lowest BCUT2D eigenvalue weighted by molar-refractivity contribution is 0.306. The van der Waals surface area contributed by atoms with E-state index >= 15 is 0 Å². The van der Waals surface area contributed by atoms with Gasteiger partial charge in [-0.3, -0.25) is 5.10 Å². The zero-order chi connectivity index (χ0) is 22.8. The summed E-state index contributed by atoms with van der Waals surface area (Å²) in [6.07, 6.45) is 0. The molecule has 1 aliphatic heterocycles. The van der Waals surface area contributed by atoms with Gasteiger partial charge >= 0.3 is 0 Å². The van der Waals surface area contributed by atoms with E-state index in [0.29, 0.717) is 23.1 Å². The number of aromatic nitrogens is 2. The summed E-state index contributed by atoms with van der Waals surface area (Å²) in [6.45, 7) is 0.486. The molecule has 0 bridgehead atoms. The highest BCUT2D eigenvalue weighted by Gasteiger charge is 2.35. The summed E-state index contributed by atoms with van der Waals surface area (Å²) in [5.74, 6) is 0.675. The molecule has 33 heavy (non-hydrogen) atoms. The van der Waals surface area contributed by atoms with E-state index in [0.717, 1.165) is 33.7 Å². The molecule has 162 valence electrons.